The van der Waals surface area contributed by atoms with Gasteiger partial charge in [0.15, 0.2) is 0 Å². The van der Waals surface area contributed by atoms with Gasteiger partial charge in [-0.3, -0.25) is 4.79 Å². The number of hydrogen-bond donors (Lipinski definition) is 2. The largest absolute Gasteiger partial charge is 0.445 e. The standard InChI is InChI=1S/C22H25N3O3/c1-16(2)13-19(25-22(27)28-15-17-9-5-3-6-10-17)21(26)24-20(14-23)18-11-7-4-8-12-18/h3-12,16,19-20H,13,15H2,1-2H3,(H,24,26)(H,25,27)/t19-,20?/m0/s1. The SMILES string of the molecule is CC(C)C[C@H](NC(=O)OCc1ccccc1)C(=O)NC(C#N)c1ccccc1. The van der Waals surface area contributed by atoms with Crippen molar-refractivity contribution in [2.45, 2.75) is 39.0 Å². The lowest BCUT2D eigenvalue weighted by Crippen LogP contribution is -2.48. The Bertz CT molecular complexity index is 801. The van der Waals surface area contributed by atoms with E-state index in [1.165, 1.54) is 0 Å². The Hall–Kier alpha value is -3.33. The Morgan fingerprint density at radius 2 is 1.61 bits per heavy atom. The molecule has 0 aliphatic carbocycles. The number of amides is 2. The molecule has 0 aromatic heterocycles. The summed E-state index contributed by atoms with van der Waals surface area (Å²) in [6.07, 6.45) is -0.239. The highest BCUT2D eigenvalue weighted by molar-refractivity contribution is 5.86. The van der Waals surface area contributed by atoms with Crippen molar-refractivity contribution < 1.29 is 14.3 Å². The molecule has 0 heterocycles. The van der Waals surface area contributed by atoms with Crippen molar-refractivity contribution in [2.24, 2.45) is 5.92 Å². The second-order valence-corrected chi connectivity index (χ2v) is 6.87. The Labute approximate surface area is 165 Å². The van der Waals surface area contributed by atoms with Gasteiger partial charge in [0, 0.05) is 0 Å². The molecule has 6 heteroatoms. The van der Waals surface area contributed by atoms with Gasteiger partial charge in [0.2, 0.25) is 5.91 Å². The summed E-state index contributed by atoms with van der Waals surface area (Å²) in [7, 11) is 0. The lowest BCUT2D eigenvalue weighted by molar-refractivity contribution is -0.123. The molecule has 0 aliphatic rings. The highest BCUT2D eigenvalue weighted by atomic mass is 16.5. The number of carbonyl (C=O) groups excluding carboxylic acids is 2. The Morgan fingerprint density at radius 1 is 1.00 bits per heavy atom. The molecule has 0 bridgehead atoms. The van der Waals surface area contributed by atoms with Crippen molar-refractivity contribution in [1.82, 2.24) is 10.6 Å². The topological polar surface area (TPSA) is 91.2 Å². The second-order valence-electron chi connectivity index (χ2n) is 6.87. The van der Waals surface area contributed by atoms with Crippen LogP contribution >= 0.6 is 0 Å². The first-order valence-electron chi connectivity index (χ1n) is 9.21. The number of hydrogen-bond acceptors (Lipinski definition) is 4. The lowest BCUT2D eigenvalue weighted by Gasteiger charge is -2.21. The minimum Gasteiger partial charge on any atom is -0.445 e. The van der Waals surface area contributed by atoms with Gasteiger partial charge in [-0.05, 0) is 23.5 Å². The van der Waals surface area contributed by atoms with Gasteiger partial charge in [0.25, 0.3) is 0 Å². The summed E-state index contributed by atoms with van der Waals surface area (Å²) in [5.41, 5.74) is 1.55. The molecule has 2 N–H and O–H groups in total. The van der Waals surface area contributed by atoms with Crippen molar-refractivity contribution in [2.75, 3.05) is 0 Å². The van der Waals surface area contributed by atoms with Crippen LogP contribution in [0.1, 0.15) is 37.4 Å². The van der Waals surface area contributed by atoms with E-state index >= 15 is 0 Å². The van der Waals surface area contributed by atoms with Gasteiger partial charge in [-0.1, -0.05) is 74.5 Å². The zero-order chi connectivity index (χ0) is 20.4. The number of nitrogens with zero attached hydrogens (tertiary/aromatic N) is 1. The summed E-state index contributed by atoms with van der Waals surface area (Å²) in [6.45, 7) is 4.03. The molecule has 2 amide bonds. The molecule has 6 nitrogen and oxygen atoms in total. The molecular weight excluding hydrogens is 354 g/mol. The predicted octanol–water partition coefficient (Wildman–Crippen LogP) is 3.71. The van der Waals surface area contributed by atoms with Gasteiger partial charge in [-0.2, -0.15) is 5.26 Å². The summed E-state index contributed by atoms with van der Waals surface area (Å²) in [5, 5.41) is 14.7. The zero-order valence-electron chi connectivity index (χ0n) is 16.1. The van der Waals surface area contributed by atoms with Crippen LogP contribution in [0, 0.1) is 17.2 Å². The fourth-order valence-electron chi connectivity index (χ4n) is 2.69. The molecular formula is C22H25N3O3. The van der Waals surface area contributed by atoms with Gasteiger partial charge in [-0.15, -0.1) is 0 Å². The molecule has 2 atom stereocenters. The number of nitriles is 1. The summed E-state index contributed by atoms with van der Waals surface area (Å²) < 4.78 is 5.21. The molecule has 2 rings (SSSR count). The molecule has 0 saturated carbocycles. The van der Waals surface area contributed by atoms with Crippen LogP contribution in [0.15, 0.2) is 60.7 Å². The fourth-order valence-corrected chi connectivity index (χ4v) is 2.69. The van der Waals surface area contributed by atoms with Crippen LogP contribution in [0.2, 0.25) is 0 Å². The number of alkyl carbamates (subject to hydrolysis) is 1. The third-order valence-corrected chi connectivity index (χ3v) is 4.08. The number of carbonyl (C=O) groups is 2. The van der Waals surface area contributed by atoms with Crippen molar-refractivity contribution in [3.8, 4) is 6.07 Å². The van der Waals surface area contributed by atoms with Gasteiger partial charge in [0.05, 0.1) is 6.07 Å². The predicted molar refractivity (Wildman–Crippen MR) is 106 cm³/mol. The molecule has 0 saturated heterocycles. The Balaban J connectivity index is 1.98. The third-order valence-electron chi connectivity index (χ3n) is 4.08. The number of rotatable bonds is 8. The molecule has 0 aliphatic heterocycles. The fraction of sp³-hybridized carbons (Fsp3) is 0.318. The van der Waals surface area contributed by atoms with Gasteiger partial charge >= 0.3 is 6.09 Å². The monoisotopic (exact) mass is 379 g/mol. The second kappa shape index (κ2) is 10.7. The van der Waals surface area contributed by atoms with E-state index < -0.39 is 24.1 Å². The van der Waals surface area contributed by atoms with Crippen molar-refractivity contribution in [1.29, 1.82) is 5.26 Å². The van der Waals surface area contributed by atoms with Crippen molar-refractivity contribution in [3.05, 3.63) is 71.8 Å². The molecule has 0 fully saturated rings. The van der Waals surface area contributed by atoms with Crippen LogP contribution < -0.4 is 10.6 Å². The maximum atomic E-state index is 12.7. The van der Waals surface area contributed by atoms with Crippen LogP contribution in [0.3, 0.4) is 0 Å². The molecule has 0 spiro atoms. The summed E-state index contributed by atoms with van der Waals surface area (Å²) >= 11 is 0. The van der Waals surface area contributed by atoms with E-state index in [4.69, 9.17) is 4.74 Å². The van der Waals surface area contributed by atoms with E-state index in [9.17, 15) is 14.9 Å². The van der Waals surface area contributed by atoms with Crippen LogP contribution in [0.4, 0.5) is 4.79 Å². The minimum absolute atomic E-state index is 0.119. The first-order valence-corrected chi connectivity index (χ1v) is 9.21. The molecule has 2 aromatic carbocycles. The lowest BCUT2D eigenvalue weighted by atomic mass is 10.0. The molecule has 0 radical (unpaired) electrons. The molecule has 2 aromatic rings. The molecule has 146 valence electrons. The quantitative estimate of drug-likeness (QED) is 0.731. The van der Waals surface area contributed by atoms with E-state index in [1.807, 2.05) is 50.2 Å². The highest BCUT2D eigenvalue weighted by Crippen LogP contribution is 2.13. The van der Waals surface area contributed by atoms with Gasteiger partial charge in [-0.25, -0.2) is 4.79 Å². The van der Waals surface area contributed by atoms with E-state index in [0.29, 0.717) is 12.0 Å². The molecule has 1 unspecified atom stereocenters. The maximum absolute atomic E-state index is 12.7. The smallest absolute Gasteiger partial charge is 0.408 e. The minimum atomic E-state index is -0.789. The average Bonchev–Trinajstić information content (AvgIpc) is 2.71. The first-order chi connectivity index (χ1) is 13.5. The van der Waals surface area contributed by atoms with Crippen molar-refractivity contribution >= 4 is 12.0 Å². The Morgan fingerprint density at radius 3 is 2.18 bits per heavy atom. The number of ether oxygens (including phenoxy) is 1. The summed E-state index contributed by atoms with van der Waals surface area (Å²) in [4.78, 5) is 24.9. The van der Waals surface area contributed by atoms with Gasteiger partial charge in [0.1, 0.15) is 18.7 Å². The normalized spacial score (nSPS) is 12.5. The van der Waals surface area contributed by atoms with Crippen molar-refractivity contribution in [3.63, 3.8) is 0 Å². The van der Waals surface area contributed by atoms with Crippen LogP contribution in [-0.4, -0.2) is 18.0 Å². The maximum Gasteiger partial charge on any atom is 0.408 e. The van der Waals surface area contributed by atoms with Crippen LogP contribution in [-0.2, 0) is 16.1 Å². The number of nitrogens with one attached hydrogen (secondary N) is 2. The third kappa shape index (κ3) is 6.76. The number of benzene rings is 2. The van der Waals surface area contributed by atoms with E-state index in [1.54, 1.807) is 24.3 Å². The Kier molecular flexibility index (Phi) is 8.04. The first kappa shape index (κ1) is 21.0. The van der Waals surface area contributed by atoms with Gasteiger partial charge < -0.3 is 15.4 Å². The highest BCUT2D eigenvalue weighted by Gasteiger charge is 2.25. The average molecular weight is 379 g/mol. The summed E-state index contributed by atoms with van der Waals surface area (Å²) in [5.74, 6) is -0.247. The van der Waals surface area contributed by atoms with Crippen LogP contribution in [0.5, 0.6) is 0 Å². The summed E-state index contributed by atoms with van der Waals surface area (Å²) in [6, 6.07) is 18.8. The van der Waals surface area contributed by atoms with E-state index in [-0.39, 0.29) is 12.5 Å². The van der Waals surface area contributed by atoms with E-state index in [0.717, 1.165) is 5.56 Å². The zero-order valence-corrected chi connectivity index (χ0v) is 16.1. The van der Waals surface area contributed by atoms with Crippen LogP contribution in [0.25, 0.3) is 0 Å². The van der Waals surface area contributed by atoms with E-state index in [2.05, 4.69) is 16.7 Å². The molecule has 28 heavy (non-hydrogen) atoms.